The van der Waals surface area contributed by atoms with Crippen LogP contribution in [0, 0.1) is 0 Å². The predicted octanol–water partition coefficient (Wildman–Crippen LogP) is 2.85. The second kappa shape index (κ2) is 8.37. The number of carbonyl (C=O) groups is 1. The fourth-order valence-corrected chi connectivity index (χ4v) is 2.86. The van der Waals surface area contributed by atoms with E-state index in [1.807, 2.05) is 6.07 Å². The first-order valence-electron chi connectivity index (χ1n) is 8.23. The van der Waals surface area contributed by atoms with Crippen molar-refractivity contribution in [3.63, 3.8) is 0 Å². The van der Waals surface area contributed by atoms with Crippen LogP contribution in [0.2, 0.25) is 10.0 Å². The monoisotopic (exact) mass is 405 g/mol. The summed E-state index contributed by atoms with van der Waals surface area (Å²) in [6, 6.07) is 8.96. The molecule has 0 radical (unpaired) electrons. The maximum Gasteiger partial charge on any atom is 0.270 e. The highest BCUT2D eigenvalue weighted by atomic mass is 35.5. The van der Waals surface area contributed by atoms with Crippen LogP contribution in [-0.2, 0) is 17.9 Å². The number of nitrogens with zero attached hydrogens (tertiary/aromatic N) is 3. The van der Waals surface area contributed by atoms with Gasteiger partial charge in [-0.25, -0.2) is 9.97 Å². The molecule has 0 fully saturated rings. The van der Waals surface area contributed by atoms with E-state index in [9.17, 15) is 9.59 Å². The molecule has 0 aliphatic rings. The van der Waals surface area contributed by atoms with Crippen LogP contribution >= 0.6 is 23.2 Å². The molecule has 2 heterocycles. The summed E-state index contributed by atoms with van der Waals surface area (Å²) >= 11 is 12.0. The van der Waals surface area contributed by atoms with Crippen LogP contribution in [-0.4, -0.2) is 27.0 Å². The Balaban J connectivity index is 1.83. The molecule has 9 heteroatoms. The number of nitrogens with one attached hydrogen (secondary N) is 2. The quantitative estimate of drug-likeness (QED) is 0.657. The minimum Gasteiger partial charge on any atom is -0.366 e. The van der Waals surface area contributed by atoms with E-state index in [0.29, 0.717) is 46.7 Å². The van der Waals surface area contributed by atoms with Gasteiger partial charge in [-0.05, 0) is 29.8 Å². The SMILES string of the molecule is CC(=O)NCCn1c(=O)cnc2ccc(NCc3ccc(Cl)c(Cl)c3)nc21. The molecular formula is C18H17Cl2N5O2. The van der Waals surface area contributed by atoms with Crippen molar-refractivity contribution in [2.75, 3.05) is 11.9 Å². The Morgan fingerprint density at radius 3 is 2.74 bits per heavy atom. The highest BCUT2D eigenvalue weighted by Gasteiger charge is 2.08. The Bertz CT molecular complexity index is 1050. The number of hydrogen-bond donors (Lipinski definition) is 2. The maximum atomic E-state index is 12.2. The largest absolute Gasteiger partial charge is 0.366 e. The molecule has 0 saturated heterocycles. The van der Waals surface area contributed by atoms with Gasteiger partial charge in [0.25, 0.3) is 5.56 Å². The third kappa shape index (κ3) is 4.75. The second-order valence-corrected chi connectivity index (χ2v) is 6.69. The standard InChI is InChI=1S/C18H17Cl2N5O2/c1-11(26)21-6-7-25-17(27)10-22-15-4-5-16(24-18(15)25)23-9-12-2-3-13(19)14(20)8-12/h2-5,8,10H,6-7,9H2,1H3,(H,21,26)(H,23,24). The third-order valence-corrected chi connectivity index (χ3v) is 4.60. The summed E-state index contributed by atoms with van der Waals surface area (Å²) in [5.41, 5.74) is 1.71. The average molecular weight is 406 g/mol. The highest BCUT2D eigenvalue weighted by molar-refractivity contribution is 6.42. The van der Waals surface area contributed by atoms with Crippen molar-refractivity contribution in [3.8, 4) is 0 Å². The fraction of sp³-hybridized carbons (Fsp3) is 0.222. The summed E-state index contributed by atoms with van der Waals surface area (Å²) in [4.78, 5) is 31.8. The number of fused-ring (bicyclic) bond motifs is 1. The molecule has 2 aromatic heterocycles. The first-order valence-corrected chi connectivity index (χ1v) is 8.98. The molecule has 0 bridgehead atoms. The number of carbonyl (C=O) groups excluding carboxylic acids is 1. The number of aromatic nitrogens is 3. The van der Waals surface area contributed by atoms with E-state index in [1.165, 1.54) is 17.7 Å². The molecule has 7 nitrogen and oxygen atoms in total. The molecular weight excluding hydrogens is 389 g/mol. The topological polar surface area (TPSA) is 88.9 Å². The summed E-state index contributed by atoms with van der Waals surface area (Å²) in [6.07, 6.45) is 1.25. The lowest BCUT2D eigenvalue weighted by Gasteiger charge is -2.11. The molecule has 0 atom stereocenters. The summed E-state index contributed by atoms with van der Waals surface area (Å²) in [6.45, 7) is 2.56. The van der Waals surface area contributed by atoms with E-state index in [0.717, 1.165) is 5.56 Å². The number of hydrogen-bond acceptors (Lipinski definition) is 5. The van der Waals surface area contributed by atoms with E-state index in [-0.39, 0.29) is 11.5 Å². The normalized spacial score (nSPS) is 10.8. The Morgan fingerprint density at radius 1 is 1.19 bits per heavy atom. The van der Waals surface area contributed by atoms with Gasteiger partial charge in [-0.15, -0.1) is 0 Å². The summed E-state index contributed by atoms with van der Waals surface area (Å²) < 4.78 is 1.49. The van der Waals surface area contributed by atoms with Gasteiger partial charge in [-0.2, -0.15) is 0 Å². The van der Waals surface area contributed by atoms with Crippen LogP contribution in [0.15, 0.2) is 41.3 Å². The molecule has 1 amide bonds. The molecule has 0 saturated carbocycles. The van der Waals surface area contributed by atoms with Gasteiger partial charge in [0.2, 0.25) is 5.91 Å². The number of rotatable bonds is 6. The zero-order valence-corrected chi connectivity index (χ0v) is 16.0. The van der Waals surface area contributed by atoms with Crippen molar-refractivity contribution in [3.05, 3.63) is 62.5 Å². The summed E-state index contributed by atoms with van der Waals surface area (Å²) in [5, 5.41) is 6.85. The lowest BCUT2D eigenvalue weighted by Crippen LogP contribution is -2.30. The van der Waals surface area contributed by atoms with Gasteiger partial charge in [0.05, 0.1) is 16.2 Å². The number of anilines is 1. The van der Waals surface area contributed by atoms with Gasteiger partial charge in [0, 0.05) is 26.6 Å². The lowest BCUT2D eigenvalue weighted by molar-refractivity contribution is -0.118. The molecule has 140 valence electrons. The predicted molar refractivity (Wildman–Crippen MR) is 106 cm³/mol. The first-order chi connectivity index (χ1) is 12.9. The van der Waals surface area contributed by atoms with Crippen molar-refractivity contribution in [2.45, 2.75) is 20.0 Å². The minimum atomic E-state index is -0.276. The van der Waals surface area contributed by atoms with Crippen molar-refractivity contribution >= 4 is 46.1 Å². The van der Waals surface area contributed by atoms with Crippen molar-refractivity contribution in [1.29, 1.82) is 0 Å². The lowest BCUT2D eigenvalue weighted by atomic mass is 10.2. The van der Waals surface area contributed by atoms with Gasteiger partial charge in [0.1, 0.15) is 11.3 Å². The number of pyridine rings is 1. The van der Waals surface area contributed by atoms with Crippen molar-refractivity contribution in [1.82, 2.24) is 19.9 Å². The maximum absolute atomic E-state index is 12.2. The van der Waals surface area contributed by atoms with Gasteiger partial charge in [-0.1, -0.05) is 29.3 Å². The Morgan fingerprint density at radius 2 is 2.00 bits per heavy atom. The molecule has 3 rings (SSSR count). The second-order valence-electron chi connectivity index (χ2n) is 5.87. The van der Waals surface area contributed by atoms with Crippen LogP contribution in [0.1, 0.15) is 12.5 Å². The Kier molecular flexibility index (Phi) is 5.93. The third-order valence-electron chi connectivity index (χ3n) is 3.86. The van der Waals surface area contributed by atoms with E-state index in [4.69, 9.17) is 23.2 Å². The molecule has 0 spiro atoms. The molecule has 0 unspecified atom stereocenters. The van der Waals surface area contributed by atoms with Crippen LogP contribution in [0.5, 0.6) is 0 Å². The highest BCUT2D eigenvalue weighted by Crippen LogP contribution is 2.23. The van der Waals surface area contributed by atoms with Gasteiger partial charge in [-0.3, -0.25) is 14.2 Å². The van der Waals surface area contributed by atoms with Gasteiger partial charge < -0.3 is 10.6 Å². The fourth-order valence-electron chi connectivity index (χ4n) is 2.54. The number of amides is 1. The van der Waals surface area contributed by atoms with E-state index < -0.39 is 0 Å². The van der Waals surface area contributed by atoms with E-state index in [1.54, 1.807) is 24.3 Å². The zero-order valence-electron chi connectivity index (χ0n) is 14.5. The molecule has 3 aromatic rings. The van der Waals surface area contributed by atoms with Gasteiger partial charge >= 0.3 is 0 Å². The number of halogens is 2. The first kappa shape index (κ1) is 19.1. The molecule has 2 N–H and O–H groups in total. The van der Waals surface area contributed by atoms with Crippen molar-refractivity contribution < 1.29 is 4.79 Å². The zero-order chi connectivity index (χ0) is 19.4. The van der Waals surface area contributed by atoms with Crippen LogP contribution in [0.4, 0.5) is 5.82 Å². The molecule has 0 aliphatic carbocycles. The summed E-state index contributed by atoms with van der Waals surface area (Å²) in [7, 11) is 0. The molecule has 1 aromatic carbocycles. The van der Waals surface area contributed by atoms with Gasteiger partial charge in [0.15, 0.2) is 5.65 Å². The van der Waals surface area contributed by atoms with Crippen molar-refractivity contribution in [2.24, 2.45) is 0 Å². The van der Waals surface area contributed by atoms with Crippen LogP contribution in [0.25, 0.3) is 11.2 Å². The summed E-state index contributed by atoms with van der Waals surface area (Å²) in [5.74, 6) is 0.438. The minimum absolute atomic E-state index is 0.154. The molecule has 27 heavy (non-hydrogen) atoms. The number of benzene rings is 1. The van der Waals surface area contributed by atoms with Crippen LogP contribution < -0.4 is 16.2 Å². The molecule has 0 aliphatic heterocycles. The van der Waals surface area contributed by atoms with E-state index in [2.05, 4.69) is 20.6 Å². The Hall–Kier alpha value is -2.64. The smallest absolute Gasteiger partial charge is 0.270 e. The average Bonchev–Trinajstić information content (AvgIpc) is 2.64. The Labute approximate surface area is 165 Å². The van der Waals surface area contributed by atoms with E-state index >= 15 is 0 Å². The van der Waals surface area contributed by atoms with Crippen LogP contribution in [0.3, 0.4) is 0 Å².